The van der Waals surface area contributed by atoms with Gasteiger partial charge < -0.3 is 15.2 Å². The molecule has 1 fully saturated rings. The molecule has 1 aliphatic heterocycles. The van der Waals surface area contributed by atoms with Gasteiger partial charge in [0.05, 0.1) is 16.3 Å². The Kier molecular flexibility index (Phi) is 3.91. The van der Waals surface area contributed by atoms with Crippen molar-refractivity contribution < 1.29 is 9.84 Å². The van der Waals surface area contributed by atoms with Crippen LogP contribution in [0.2, 0.25) is 0 Å². The summed E-state index contributed by atoms with van der Waals surface area (Å²) in [5.41, 5.74) is 0.460. The van der Waals surface area contributed by atoms with Crippen LogP contribution in [-0.2, 0) is 11.3 Å². The molecule has 4 nitrogen and oxygen atoms in total. The van der Waals surface area contributed by atoms with Gasteiger partial charge in [0.1, 0.15) is 0 Å². The summed E-state index contributed by atoms with van der Waals surface area (Å²) in [6.45, 7) is 4.67. The van der Waals surface area contributed by atoms with Gasteiger partial charge in [0.25, 0.3) is 0 Å². The summed E-state index contributed by atoms with van der Waals surface area (Å²) in [5, 5.41) is 16.6. The molecule has 1 aliphatic rings. The SMILES string of the molecule is Cc1nc(CNCC2(O)CCOCC2)cs1. The van der Waals surface area contributed by atoms with Gasteiger partial charge in [-0.15, -0.1) is 11.3 Å². The molecule has 2 heterocycles. The fourth-order valence-electron chi connectivity index (χ4n) is 1.84. The van der Waals surface area contributed by atoms with E-state index in [2.05, 4.69) is 15.7 Å². The molecule has 16 heavy (non-hydrogen) atoms. The van der Waals surface area contributed by atoms with Crippen molar-refractivity contribution in [3.8, 4) is 0 Å². The van der Waals surface area contributed by atoms with Gasteiger partial charge >= 0.3 is 0 Å². The zero-order valence-corrected chi connectivity index (χ0v) is 10.3. The van der Waals surface area contributed by atoms with Crippen molar-refractivity contribution in [2.45, 2.75) is 31.9 Å². The lowest BCUT2D eigenvalue weighted by Gasteiger charge is -2.32. The number of thiazole rings is 1. The molecular weight excluding hydrogens is 224 g/mol. The van der Waals surface area contributed by atoms with E-state index in [4.69, 9.17) is 4.74 Å². The summed E-state index contributed by atoms with van der Waals surface area (Å²) in [7, 11) is 0. The number of rotatable bonds is 4. The third-order valence-corrected chi connectivity index (χ3v) is 3.67. The molecule has 5 heteroatoms. The van der Waals surface area contributed by atoms with Crippen LogP contribution in [0.25, 0.3) is 0 Å². The maximum absolute atomic E-state index is 10.2. The minimum Gasteiger partial charge on any atom is -0.388 e. The van der Waals surface area contributed by atoms with E-state index in [9.17, 15) is 5.11 Å². The van der Waals surface area contributed by atoms with Crippen molar-refractivity contribution in [1.29, 1.82) is 0 Å². The van der Waals surface area contributed by atoms with E-state index in [1.807, 2.05) is 6.92 Å². The van der Waals surface area contributed by atoms with Crippen LogP contribution in [-0.4, -0.2) is 35.5 Å². The standard InChI is InChI=1S/C11H18N2O2S/c1-9-13-10(7-16-9)6-12-8-11(14)2-4-15-5-3-11/h7,12,14H,2-6,8H2,1H3. The van der Waals surface area contributed by atoms with E-state index >= 15 is 0 Å². The van der Waals surface area contributed by atoms with E-state index in [0.29, 0.717) is 19.8 Å². The molecule has 0 radical (unpaired) electrons. The molecule has 1 aromatic rings. The van der Waals surface area contributed by atoms with Crippen LogP contribution in [0.1, 0.15) is 23.5 Å². The first-order valence-corrected chi connectivity index (χ1v) is 6.48. The molecule has 0 atom stereocenters. The van der Waals surface area contributed by atoms with Crippen molar-refractivity contribution in [2.24, 2.45) is 0 Å². The number of ether oxygens (including phenoxy) is 1. The van der Waals surface area contributed by atoms with Crippen molar-refractivity contribution >= 4 is 11.3 Å². The Morgan fingerprint density at radius 2 is 2.31 bits per heavy atom. The van der Waals surface area contributed by atoms with Crippen molar-refractivity contribution in [1.82, 2.24) is 10.3 Å². The molecular formula is C11H18N2O2S. The number of aromatic nitrogens is 1. The summed E-state index contributed by atoms with van der Waals surface area (Å²) in [6, 6.07) is 0. The number of aliphatic hydroxyl groups is 1. The van der Waals surface area contributed by atoms with Crippen LogP contribution in [0.3, 0.4) is 0 Å². The van der Waals surface area contributed by atoms with Crippen LogP contribution in [0.5, 0.6) is 0 Å². The summed E-state index contributed by atoms with van der Waals surface area (Å²) in [4.78, 5) is 4.37. The molecule has 0 aromatic carbocycles. The van der Waals surface area contributed by atoms with Gasteiger partial charge in [-0.3, -0.25) is 0 Å². The molecule has 1 aromatic heterocycles. The topological polar surface area (TPSA) is 54.4 Å². The second-order valence-corrected chi connectivity index (χ2v) is 5.36. The third kappa shape index (κ3) is 3.25. The zero-order chi connectivity index (χ0) is 11.4. The Labute approximate surface area is 99.7 Å². The Bertz CT molecular complexity index is 334. The number of hydrogen-bond donors (Lipinski definition) is 2. The number of nitrogens with zero attached hydrogens (tertiary/aromatic N) is 1. The summed E-state index contributed by atoms with van der Waals surface area (Å²) in [5.74, 6) is 0. The average molecular weight is 242 g/mol. The Hall–Kier alpha value is -0.490. The molecule has 0 bridgehead atoms. The van der Waals surface area contributed by atoms with E-state index in [1.54, 1.807) is 11.3 Å². The third-order valence-electron chi connectivity index (χ3n) is 2.85. The van der Waals surface area contributed by atoms with Crippen molar-refractivity contribution in [3.05, 3.63) is 16.1 Å². The maximum Gasteiger partial charge on any atom is 0.0897 e. The number of nitrogens with one attached hydrogen (secondary N) is 1. The van der Waals surface area contributed by atoms with Gasteiger partial charge in [-0.05, 0) is 6.92 Å². The van der Waals surface area contributed by atoms with E-state index in [0.717, 1.165) is 30.1 Å². The Morgan fingerprint density at radius 1 is 1.56 bits per heavy atom. The fourth-order valence-corrected chi connectivity index (χ4v) is 2.45. The molecule has 1 saturated heterocycles. The van der Waals surface area contributed by atoms with Crippen LogP contribution in [0.15, 0.2) is 5.38 Å². The van der Waals surface area contributed by atoms with Crippen LogP contribution in [0.4, 0.5) is 0 Å². The van der Waals surface area contributed by atoms with Gasteiger partial charge in [0.15, 0.2) is 0 Å². The highest BCUT2D eigenvalue weighted by atomic mass is 32.1. The lowest BCUT2D eigenvalue weighted by Crippen LogP contribution is -2.44. The maximum atomic E-state index is 10.2. The van der Waals surface area contributed by atoms with Gasteiger partial charge in [-0.1, -0.05) is 0 Å². The Morgan fingerprint density at radius 3 is 2.94 bits per heavy atom. The summed E-state index contributed by atoms with van der Waals surface area (Å²) >= 11 is 1.66. The minimum absolute atomic E-state index is 0.594. The quantitative estimate of drug-likeness (QED) is 0.829. The van der Waals surface area contributed by atoms with Crippen LogP contribution in [0, 0.1) is 6.92 Å². The predicted octanol–water partition coefficient (Wildman–Crippen LogP) is 1.08. The van der Waals surface area contributed by atoms with E-state index in [1.165, 1.54) is 0 Å². The first kappa shape index (κ1) is 12.0. The Balaban J connectivity index is 1.74. The zero-order valence-electron chi connectivity index (χ0n) is 9.53. The fraction of sp³-hybridized carbons (Fsp3) is 0.727. The second kappa shape index (κ2) is 5.23. The first-order valence-electron chi connectivity index (χ1n) is 5.60. The molecule has 0 aliphatic carbocycles. The van der Waals surface area contributed by atoms with Gasteiger partial charge in [-0.25, -0.2) is 4.98 Å². The first-order chi connectivity index (χ1) is 7.68. The van der Waals surface area contributed by atoms with Crippen LogP contribution < -0.4 is 5.32 Å². The molecule has 0 unspecified atom stereocenters. The monoisotopic (exact) mass is 242 g/mol. The molecule has 2 N–H and O–H groups in total. The van der Waals surface area contributed by atoms with Gasteiger partial charge in [0, 0.05) is 44.5 Å². The second-order valence-electron chi connectivity index (χ2n) is 4.30. The highest BCUT2D eigenvalue weighted by Gasteiger charge is 2.29. The van der Waals surface area contributed by atoms with Gasteiger partial charge in [-0.2, -0.15) is 0 Å². The predicted molar refractivity (Wildman–Crippen MR) is 63.6 cm³/mol. The lowest BCUT2D eigenvalue weighted by molar-refractivity contribution is -0.0617. The molecule has 0 saturated carbocycles. The molecule has 2 rings (SSSR count). The normalized spacial score (nSPS) is 19.9. The number of aryl methyl sites for hydroxylation is 1. The number of hydrogen-bond acceptors (Lipinski definition) is 5. The molecule has 0 spiro atoms. The van der Waals surface area contributed by atoms with Gasteiger partial charge in [0.2, 0.25) is 0 Å². The summed E-state index contributed by atoms with van der Waals surface area (Å²) in [6.07, 6.45) is 1.44. The lowest BCUT2D eigenvalue weighted by atomic mass is 9.94. The molecule has 0 amide bonds. The minimum atomic E-state index is -0.594. The average Bonchev–Trinajstić information content (AvgIpc) is 2.65. The highest BCUT2D eigenvalue weighted by molar-refractivity contribution is 7.09. The van der Waals surface area contributed by atoms with E-state index < -0.39 is 5.60 Å². The largest absolute Gasteiger partial charge is 0.388 e. The van der Waals surface area contributed by atoms with Crippen LogP contribution >= 0.6 is 11.3 Å². The summed E-state index contributed by atoms with van der Waals surface area (Å²) < 4.78 is 5.23. The smallest absolute Gasteiger partial charge is 0.0897 e. The molecule has 90 valence electrons. The van der Waals surface area contributed by atoms with E-state index in [-0.39, 0.29) is 0 Å². The van der Waals surface area contributed by atoms with Crippen molar-refractivity contribution in [3.63, 3.8) is 0 Å². The van der Waals surface area contributed by atoms with Crippen molar-refractivity contribution in [2.75, 3.05) is 19.8 Å². The highest BCUT2D eigenvalue weighted by Crippen LogP contribution is 2.19.